The molecule has 1 rings (SSSR count). The summed E-state index contributed by atoms with van der Waals surface area (Å²) in [5, 5.41) is 8.49. The molecule has 0 aromatic heterocycles. The van der Waals surface area contributed by atoms with Gasteiger partial charge in [-0.15, -0.1) is 12.4 Å². The van der Waals surface area contributed by atoms with Crippen LogP contribution in [0.2, 0.25) is 0 Å². The Balaban J connectivity index is 0.00000289. The predicted octanol–water partition coefficient (Wildman–Crippen LogP) is 3.04. The van der Waals surface area contributed by atoms with Crippen LogP contribution in [0.3, 0.4) is 0 Å². The molecule has 0 saturated carbocycles. The number of carboxylic acids is 1. The number of anilines is 1. The van der Waals surface area contributed by atoms with Crippen LogP contribution in [-0.4, -0.2) is 24.7 Å². The van der Waals surface area contributed by atoms with E-state index in [-0.39, 0.29) is 25.4 Å². The van der Waals surface area contributed by atoms with Gasteiger partial charge in [0, 0.05) is 19.3 Å². The third-order valence-electron chi connectivity index (χ3n) is 2.28. The van der Waals surface area contributed by atoms with Crippen molar-refractivity contribution in [3.05, 3.63) is 29.8 Å². The molecule has 0 heterocycles. The van der Waals surface area contributed by atoms with Crippen molar-refractivity contribution in [1.82, 2.24) is 0 Å². The van der Waals surface area contributed by atoms with E-state index in [2.05, 4.69) is 0 Å². The second-order valence-corrected chi connectivity index (χ2v) is 3.61. The lowest BCUT2D eigenvalue weighted by molar-refractivity contribution is -0.138. The van der Waals surface area contributed by atoms with Gasteiger partial charge in [-0.1, -0.05) is 6.07 Å². The SMILES string of the molecule is CN(CCC(=O)O)c1cccc(C(F)(F)F)c1.Cl. The van der Waals surface area contributed by atoms with Gasteiger partial charge in [-0.3, -0.25) is 4.79 Å². The van der Waals surface area contributed by atoms with Gasteiger partial charge in [0.25, 0.3) is 0 Å². The van der Waals surface area contributed by atoms with Gasteiger partial charge >= 0.3 is 12.1 Å². The van der Waals surface area contributed by atoms with E-state index < -0.39 is 17.7 Å². The summed E-state index contributed by atoms with van der Waals surface area (Å²) < 4.78 is 37.3. The Morgan fingerprint density at radius 2 is 2.00 bits per heavy atom. The number of nitrogens with zero attached hydrogens (tertiary/aromatic N) is 1. The molecule has 3 nitrogen and oxygen atoms in total. The Hall–Kier alpha value is -1.43. The van der Waals surface area contributed by atoms with Crippen LogP contribution in [0.1, 0.15) is 12.0 Å². The average Bonchev–Trinajstić information content (AvgIpc) is 2.25. The van der Waals surface area contributed by atoms with Crippen molar-refractivity contribution in [2.45, 2.75) is 12.6 Å². The summed E-state index contributed by atoms with van der Waals surface area (Å²) in [6, 6.07) is 4.79. The molecule has 102 valence electrons. The molecule has 0 fully saturated rings. The van der Waals surface area contributed by atoms with E-state index in [0.29, 0.717) is 5.69 Å². The minimum atomic E-state index is -4.39. The fourth-order valence-electron chi connectivity index (χ4n) is 1.31. The maximum atomic E-state index is 12.4. The molecule has 0 atom stereocenters. The molecule has 0 bridgehead atoms. The minimum Gasteiger partial charge on any atom is -0.481 e. The molecule has 7 heteroatoms. The lowest BCUT2D eigenvalue weighted by Crippen LogP contribution is -2.21. The number of hydrogen-bond acceptors (Lipinski definition) is 2. The molecule has 18 heavy (non-hydrogen) atoms. The van der Waals surface area contributed by atoms with Gasteiger partial charge in [0.1, 0.15) is 0 Å². The third-order valence-corrected chi connectivity index (χ3v) is 2.28. The second-order valence-electron chi connectivity index (χ2n) is 3.61. The van der Waals surface area contributed by atoms with Crippen molar-refractivity contribution in [3.8, 4) is 0 Å². The summed E-state index contributed by atoms with van der Waals surface area (Å²) in [6.45, 7) is 0.163. The molecule has 0 radical (unpaired) electrons. The van der Waals surface area contributed by atoms with Crippen molar-refractivity contribution in [2.75, 3.05) is 18.5 Å². The molecule has 0 unspecified atom stereocenters. The lowest BCUT2D eigenvalue weighted by Gasteiger charge is -2.19. The zero-order valence-corrected chi connectivity index (χ0v) is 10.4. The first-order chi connectivity index (χ1) is 7.80. The molecule has 0 spiro atoms. The maximum absolute atomic E-state index is 12.4. The van der Waals surface area contributed by atoms with Crippen molar-refractivity contribution in [3.63, 3.8) is 0 Å². The largest absolute Gasteiger partial charge is 0.481 e. The Kier molecular flexibility index (Phi) is 5.97. The van der Waals surface area contributed by atoms with Gasteiger partial charge in [-0.2, -0.15) is 13.2 Å². The van der Waals surface area contributed by atoms with E-state index in [9.17, 15) is 18.0 Å². The zero-order valence-electron chi connectivity index (χ0n) is 9.57. The van der Waals surface area contributed by atoms with Gasteiger partial charge in [-0.05, 0) is 18.2 Å². The van der Waals surface area contributed by atoms with E-state index in [0.717, 1.165) is 12.1 Å². The van der Waals surface area contributed by atoms with Crippen LogP contribution >= 0.6 is 12.4 Å². The van der Waals surface area contributed by atoms with E-state index in [1.165, 1.54) is 17.0 Å². The summed E-state index contributed by atoms with van der Waals surface area (Å²) in [6.07, 6.45) is -4.50. The zero-order chi connectivity index (χ0) is 13.1. The lowest BCUT2D eigenvalue weighted by atomic mass is 10.2. The number of hydrogen-bond donors (Lipinski definition) is 1. The fraction of sp³-hybridized carbons (Fsp3) is 0.364. The Bertz CT molecular complexity index is 410. The number of rotatable bonds is 4. The third kappa shape index (κ3) is 4.83. The van der Waals surface area contributed by atoms with Gasteiger partial charge < -0.3 is 10.0 Å². The molecule has 0 aliphatic rings. The number of carbonyl (C=O) groups is 1. The number of halogens is 4. The molecule has 0 aliphatic heterocycles. The molecule has 0 aliphatic carbocycles. The number of aliphatic carboxylic acids is 1. The van der Waals surface area contributed by atoms with Crippen molar-refractivity contribution in [2.24, 2.45) is 0 Å². The van der Waals surface area contributed by atoms with Crippen LogP contribution < -0.4 is 4.90 Å². The molecule has 0 saturated heterocycles. The van der Waals surface area contributed by atoms with E-state index in [4.69, 9.17) is 5.11 Å². The standard InChI is InChI=1S/C11H12F3NO2.ClH/c1-15(6-5-10(16)17)9-4-2-3-8(7-9)11(12,13)14;/h2-4,7H,5-6H2,1H3,(H,16,17);1H. The van der Waals surface area contributed by atoms with Crippen molar-refractivity contribution in [1.29, 1.82) is 0 Å². The number of alkyl halides is 3. The average molecular weight is 284 g/mol. The van der Waals surface area contributed by atoms with Gasteiger partial charge in [0.05, 0.1) is 12.0 Å². The molecule has 0 amide bonds. The summed E-state index contributed by atoms with van der Waals surface area (Å²) in [7, 11) is 1.55. The van der Waals surface area contributed by atoms with E-state index in [1.807, 2.05) is 0 Å². The van der Waals surface area contributed by atoms with Gasteiger partial charge in [0.2, 0.25) is 0 Å². The Labute approximate surface area is 109 Å². The highest BCUT2D eigenvalue weighted by atomic mass is 35.5. The summed E-state index contributed by atoms with van der Waals surface area (Å²) >= 11 is 0. The smallest absolute Gasteiger partial charge is 0.416 e. The maximum Gasteiger partial charge on any atom is 0.416 e. The summed E-state index contributed by atoms with van der Waals surface area (Å²) in [5.74, 6) is -0.983. The minimum absolute atomic E-state index is 0. The quantitative estimate of drug-likeness (QED) is 0.923. The Morgan fingerprint density at radius 1 is 1.39 bits per heavy atom. The summed E-state index contributed by atoms with van der Waals surface area (Å²) in [5.41, 5.74) is -0.391. The highest BCUT2D eigenvalue weighted by Crippen LogP contribution is 2.31. The molecular formula is C11H13ClF3NO2. The van der Waals surface area contributed by atoms with Crippen LogP contribution in [0.5, 0.6) is 0 Å². The first-order valence-electron chi connectivity index (χ1n) is 4.91. The van der Waals surface area contributed by atoms with Crippen LogP contribution in [0, 0.1) is 0 Å². The Morgan fingerprint density at radius 3 is 2.50 bits per heavy atom. The van der Waals surface area contributed by atoms with Crippen molar-refractivity contribution >= 4 is 24.1 Å². The van der Waals surface area contributed by atoms with Gasteiger partial charge in [0.15, 0.2) is 0 Å². The molecule has 1 aromatic rings. The molecule has 1 N–H and O–H groups in total. The van der Waals surface area contributed by atoms with Gasteiger partial charge in [-0.25, -0.2) is 0 Å². The second kappa shape index (κ2) is 6.49. The van der Waals surface area contributed by atoms with Crippen LogP contribution in [0.25, 0.3) is 0 Å². The number of carboxylic acid groups (broad SMARTS) is 1. The van der Waals surface area contributed by atoms with Crippen LogP contribution in [0.15, 0.2) is 24.3 Å². The van der Waals surface area contributed by atoms with Crippen LogP contribution in [-0.2, 0) is 11.0 Å². The fourth-order valence-corrected chi connectivity index (χ4v) is 1.31. The highest BCUT2D eigenvalue weighted by molar-refractivity contribution is 5.85. The van der Waals surface area contributed by atoms with E-state index >= 15 is 0 Å². The topological polar surface area (TPSA) is 40.5 Å². The first kappa shape index (κ1) is 16.6. The monoisotopic (exact) mass is 283 g/mol. The van der Waals surface area contributed by atoms with Crippen molar-refractivity contribution < 1.29 is 23.1 Å². The highest BCUT2D eigenvalue weighted by Gasteiger charge is 2.30. The molecule has 1 aromatic carbocycles. The van der Waals surface area contributed by atoms with Crippen LogP contribution in [0.4, 0.5) is 18.9 Å². The first-order valence-corrected chi connectivity index (χ1v) is 4.91. The number of benzene rings is 1. The molecular weight excluding hydrogens is 271 g/mol. The normalized spacial score (nSPS) is 10.7. The van der Waals surface area contributed by atoms with E-state index in [1.54, 1.807) is 7.05 Å². The predicted molar refractivity (Wildman–Crippen MR) is 64.2 cm³/mol. The summed E-state index contributed by atoms with van der Waals surface area (Å²) in [4.78, 5) is 11.8.